The summed E-state index contributed by atoms with van der Waals surface area (Å²) in [5.41, 5.74) is 2.32. The highest BCUT2D eigenvalue weighted by Gasteiger charge is 2.37. The largest absolute Gasteiger partial charge is 0.493 e. The maximum absolute atomic E-state index is 13.4. The Hall–Kier alpha value is -4.12. The number of nitrogens with one attached hydrogen (secondary N) is 1. The molecule has 43 heavy (non-hydrogen) atoms. The number of carbonyl (C=O) groups excluding carboxylic acids is 3. The van der Waals surface area contributed by atoms with Crippen molar-refractivity contribution < 1.29 is 28.6 Å². The molecule has 1 fully saturated rings. The molecule has 5 rings (SSSR count). The van der Waals surface area contributed by atoms with E-state index in [0.717, 1.165) is 25.0 Å². The van der Waals surface area contributed by atoms with Crippen molar-refractivity contribution in [1.29, 1.82) is 0 Å². The van der Waals surface area contributed by atoms with E-state index in [9.17, 15) is 14.4 Å². The van der Waals surface area contributed by atoms with Crippen LogP contribution >= 0.6 is 43.5 Å². The highest BCUT2D eigenvalue weighted by atomic mass is 79.9. The lowest BCUT2D eigenvalue weighted by molar-refractivity contribution is -0.122. The number of benzene rings is 4. The van der Waals surface area contributed by atoms with E-state index in [1.165, 1.54) is 13.2 Å². The summed E-state index contributed by atoms with van der Waals surface area (Å²) >= 11 is 13.3. The topological polar surface area (TPSA) is 94.2 Å². The van der Waals surface area contributed by atoms with Crippen molar-refractivity contribution in [2.24, 2.45) is 0 Å². The van der Waals surface area contributed by atoms with E-state index in [4.69, 9.17) is 25.8 Å². The Balaban J connectivity index is 1.33. The van der Waals surface area contributed by atoms with Crippen LogP contribution in [0.4, 0.5) is 10.5 Å². The number of halogens is 3. The number of amides is 4. The van der Waals surface area contributed by atoms with E-state index in [-0.39, 0.29) is 22.9 Å². The third-order valence-electron chi connectivity index (χ3n) is 6.37. The van der Waals surface area contributed by atoms with Gasteiger partial charge in [0, 0.05) is 8.95 Å². The van der Waals surface area contributed by atoms with Crippen molar-refractivity contribution in [3.05, 3.63) is 121 Å². The number of hydrogen-bond acceptors (Lipinski definition) is 6. The van der Waals surface area contributed by atoms with Gasteiger partial charge in [-0.2, -0.15) is 0 Å². The van der Waals surface area contributed by atoms with Crippen LogP contribution in [-0.2, 0) is 22.8 Å². The molecule has 4 aromatic rings. The van der Waals surface area contributed by atoms with Gasteiger partial charge < -0.3 is 14.2 Å². The fraction of sp³-hybridized carbons (Fsp3) is 0.0938. The number of rotatable bonds is 9. The molecule has 1 aliphatic rings. The van der Waals surface area contributed by atoms with Gasteiger partial charge >= 0.3 is 6.03 Å². The second-order valence-electron chi connectivity index (χ2n) is 9.32. The highest BCUT2D eigenvalue weighted by molar-refractivity contribution is 9.10. The molecule has 1 saturated heterocycles. The number of anilines is 1. The molecule has 8 nitrogen and oxygen atoms in total. The molecule has 11 heteroatoms. The minimum Gasteiger partial charge on any atom is -0.493 e. The van der Waals surface area contributed by atoms with E-state index in [1.54, 1.807) is 36.4 Å². The van der Waals surface area contributed by atoms with Gasteiger partial charge in [0.15, 0.2) is 11.5 Å². The van der Waals surface area contributed by atoms with Gasteiger partial charge in [-0.15, -0.1) is 0 Å². The Bertz CT molecular complexity index is 1710. The lowest BCUT2D eigenvalue weighted by Crippen LogP contribution is -2.54. The molecule has 0 unspecified atom stereocenters. The van der Waals surface area contributed by atoms with Crippen LogP contribution < -0.4 is 24.4 Å². The van der Waals surface area contributed by atoms with Gasteiger partial charge in [0.05, 0.1) is 17.8 Å². The van der Waals surface area contributed by atoms with E-state index >= 15 is 0 Å². The second-order valence-corrected chi connectivity index (χ2v) is 11.6. The summed E-state index contributed by atoms with van der Waals surface area (Å²) in [5, 5.41) is 2.44. The molecule has 1 N–H and O–H groups in total. The van der Waals surface area contributed by atoms with Crippen LogP contribution in [0.15, 0.2) is 99.4 Å². The number of urea groups is 1. The Morgan fingerprint density at radius 2 is 1.40 bits per heavy atom. The molecular weight excluding hydrogens is 704 g/mol. The molecule has 4 amide bonds. The van der Waals surface area contributed by atoms with E-state index in [1.807, 2.05) is 48.5 Å². The summed E-state index contributed by atoms with van der Waals surface area (Å²) in [7, 11) is 1.46. The van der Waals surface area contributed by atoms with Crippen LogP contribution in [0.5, 0.6) is 17.2 Å². The number of imide groups is 2. The number of hydrogen-bond donors (Lipinski definition) is 1. The monoisotopic (exact) mass is 724 g/mol. The standard InChI is InChI=1S/C32H23Br2ClN2O6/c1-41-28-16-21(15-27(35)29(28)43-18-20-4-8-23(34)9-5-20)14-26-30(38)36-32(40)37(31(26)39)24-10-12-25(13-11-24)42-17-19-2-6-22(33)7-3-19/h2-16H,17-18H2,1H3,(H,36,38,40)/b26-14+. The maximum atomic E-state index is 13.4. The quantitative estimate of drug-likeness (QED) is 0.140. The molecule has 0 spiro atoms. The molecule has 1 heterocycles. The van der Waals surface area contributed by atoms with Crippen LogP contribution in [0.25, 0.3) is 6.08 Å². The van der Waals surface area contributed by atoms with Crippen LogP contribution in [0.3, 0.4) is 0 Å². The fourth-order valence-electron chi connectivity index (χ4n) is 4.20. The third-order valence-corrected chi connectivity index (χ3v) is 7.71. The SMILES string of the molecule is COc1cc(/C=C2\C(=O)NC(=O)N(c3ccc(OCc4ccc(Br)cc4)cc3)C2=O)cc(Cl)c1OCc1ccc(Br)cc1. The number of nitrogens with zero attached hydrogens (tertiary/aromatic N) is 1. The predicted molar refractivity (Wildman–Crippen MR) is 170 cm³/mol. The van der Waals surface area contributed by atoms with Gasteiger partial charge in [-0.1, -0.05) is 67.7 Å². The van der Waals surface area contributed by atoms with Gasteiger partial charge in [-0.05, 0) is 83.4 Å². The maximum Gasteiger partial charge on any atom is 0.335 e. The van der Waals surface area contributed by atoms with E-state index in [0.29, 0.717) is 29.4 Å². The average molecular weight is 727 g/mol. The van der Waals surface area contributed by atoms with Crippen LogP contribution in [0.1, 0.15) is 16.7 Å². The number of methoxy groups -OCH3 is 1. The minimum absolute atomic E-state index is 0.221. The highest BCUT2D eigenvalue weighted by Crippen LogP contribution is 2.38. The molecule has 0 saturated carbocycles. The van der Waals surface area contributed by atoms with Gasteiger partial charge in [0.25, 0.3) is 11.8 Å². The van der Waals surface area contributed by atoms with Crippen molar-refractivity contribution in [1.82, 2.24) is 5.32 Å². The van der Waals surface area contributed by atoms with Crippen molar-refractivity contribution in [2.75, 3.05) is 12.0 Å². The first kappa shape index (κ1) is 30.3. The van der Waals surface area contributed by atoms with Gasteiger partial charge in [0.2, 0.25) is 0 Å². The first-order valence-electron chi connectivity index (χ1n) is 12.9. The minimum atomic E-state index is -0.858. The smallest absolute Gasteiger partial charge is 0.335 e. The summed E-state index contributed by atoms with van der Waals surface area (Å²) in [5.74, 6) is -0.443. The Morgan fingerprint density at radius 1 is 0.814 bits per heavy atom. The second kappa shape index (κ2) is 13.5. The van der Waals surface area contributed by atoms with Crippen molar-refractivity contribution in [3.63, 3.8) is 0 Å². The van der Waals surface area contributed by atoms with Crippen molar-refractivity contribution in [2.45, 2.75) is 13.2 Å². The lowest BCUT2D eigenvalue weighted by atomic mass is 10.1. The zero-order chi connectivity index (χ0) is 30.5. The third kappa shape index (κ3) is 7.27. The normalized spacial score (nSPS) is 14.1. The fourth-order valence-corrected chi connectivity index (χ4v) is 5.00. The molecule has 0 bridgehead atoms. The molecule has 0 aromatic heterocycles. The number of carbonyl (C=O) groups is 3. The summed E-state index contributed by atoms with van der Waals surface area (Å²) in [6, 6.07) is 24.1. The van der Waals surface area contributed by atoms with E-state index < -0.39 is 17.8 Å². The van der Waals surface area contributed by atoms with Gasteiger partial charge in [-0.25, -0.2) is 9.69 Å². The molecule has 0 aliphatic carbocycles. The summed E-state index contributed by atoms with van der Waals surface area (Å²) in [4.78, 5) is 39.7. The molecule has 1 aliphatic heterocycles. The number of barbiturate groups is 1. The zero-order valence-electron chi connectivity index (χ0n) is 22.6. The summed E-state index contributed by atoms with van der Waals surface area (Å²) in [6.45, 7) is 0.590. The van der Waals surface area contributed by atoms with E-state index in [2.05, 4.69) is 37.2 Å². The average Bonchev–Trinajstić information content (AvgIpc) is 2.99. The predicted octanol–water partition coefficient (Wildman–Crippen LogP) is 7.70. The van der Waals surface area contributed by atoms with Crippen LogP contribution in [0.2, 0.25) is 5.02 Å². The molecule has 0 radical (unpaired) electrons. The Labute approximate surface area is 269 Å². The van der Waals surface area contributed by atoms with Crippen LogP contribution in [-0.4, -0.2) is 25.0 Å². The lowest BCUT2D eigenvalue weighted by Gasteiger charge is -2.26. The molecular formula is C32H23Br2ClN2O6. The molecule has 0 atom stereocenters. The first-order valence-corrected chi connectivity index (χ1v) is 14.8. The van der Waals surface area contributed by atoms with Gasteiger partial charge in [0.1, 0.15) is 24.5 Å². The van der Waals surface area contributed by atoms with Gasteiger partial charge in [-0.3, -0.25) is 14.9 Å². The summed E-state index contributed by atoms with van der Waals surface area (Å²) < 4.78 is 19.1. The molecule has 4 aromatic carbocycles. The summed E-state index contributed by atoms with van der Waals surface area (Å²) in [6.07, 6.45) is 1.35. The first-order chi connectivity index (χ1) is 20.7. The Kier molecular flexibility index (Phi) is 9.49. The zero-order valence-corrected chi connectivity index (χ0v) is 26.5. The number of ether oxygens (including phenoxy) is 3. The van der Waals surface area contributed by atoms with Crippen molar-refractivity contribution in [3.8, 4) is 17.2 Å². The van der Waals surface area contributed by atoms with Crippen LogP contribution in [0, 0.1) is 0 Å². The Morgan fingerprint density at radius 3 is 1.98 bits per heavy atom. The molecule has 218 valence electrons. The van der Waals surface area contributed by atoms with Crippen molar-refractivity contribution >= 4 is 73.1 Å².